The number of benzene rings is 1. The van der Waals surface area contributed by atoms with Crippen molar-refractivity contribution in [2.45, 2.75) is 13.3 Å². The number of hydrogen-bond acceptors (Lipinski definition) is 5. The zero-order valence-corrected chi connectivity index (χ0v) is 11.8. The Morgan fingerprint density at radius 1 is 1.16 bits per heavy atom. The van der Waals surface area contributed by atoms with Crippen molar-refractivity contribution in [3.63, 3.8) is 0 Å². The number of nitrogens with zero attached hydrogens (tertiary/aromatic N) is 2. The van der Waals surface area contributed by atoms with Gasteiger partial charge in [0.2, 0.25) is 0 Å². The molecule has 7 heteroatoms. The fourth-order valence-corrected chi connectivity index (χ4v) is 2.21. The van der Waals surface area contributed by atoms with Gasteiger partial charge in [-0.05, 0) is 18.6 Å². The van der Waals surface area contributed by atoms with Crippen molar-refractivity contribution >= 4 is 40.5 Å². The van der Waals surface area contributed by atoms with E-state index < -0.39 is 0 Å². The molecule has 0 atom stereocenters. The molecule has 0 spiro atoms. The van der Waals surface area contributed by atoms with Gasteiger partial charge in [0, 0.05) is 5.56 Å². The lowest BCUT2D eigenvalue weighted by Crippen LogP contribution is -2.13. The third-order valence-corrected chi connectivity index (χ3v) is 3.27. The number of nitrogens with one attached hydrogen (secondary N) is 2. The smallest absolute Gasteiger partial charge is 0.148 e. The first-order chi connectivity index (χ1) is 9.17. The van der Waals surface area contributed by atoms with Crippen molar-refractivity contribution in [1.29, 1.82) is 0 Å². The van der Waals surface area contributed by atoms with E-state index in [1.54, 1.807) is 18.2 Å². The molecular formula is C12H13Cl2N5. The molecule has 0 bridgehead atoms. The summed E-state index contributed by atoms with van der Waals surface area (Å²) in [5.41, 5.74) is 4.02. The van der Waals surface area contributed by atoms with E-state index in [9.17, 15) is 0 Å². The van der Waals surface area contributed by atoms with Crippen LogP contribution in [0.1, 0.15) is 12.5 Å². The predicted octanol–water partition coefficient (Wildman–Crippen LogP) is 3.38. The molecule has 4 N–H and O–H groups in total. The van der Waals surface area contributed by atoms with E-state index in [0.717, 1.165) is 5.56 Å². The van der Waals surface area contributed by atoms with Crippen molar-refractivity contribution in [2.24, 2.45) is 5.84 Å². The number of nitrogen functional groups attached to an aromatic ring is 1. The van der Waals surface area contributed by atoms with Crippen LogP contribution < -0.4 is 16.6 Å². The Labute approximate surface area is 121 Å². The van der Waals surface area contributed by atoms with E-state index in [4.69, 9.17) is 29.0 Å². The van der Waals surface area contributed by atoms with Crippen LogP contribution in [-0.4, -0.2) is 9.97 Å². The third kappa shape index (κ3) is 2.89. The fourth-order valence-electron chi connectivity index (χ4n) is 1.71. The highest BCUT2D eigenvalue weighted by Gasteiger charge is 2.12. The summed E-state index contributed by atoms with van der Waals surface area (Å²) in [5, 5.41) is 4.17. The van der Waals surface area contributed by atoms with E-state index in [2.05, 4.69) is 20.7 Å². The highest BCUT2D eigenvalue weighted by Crippen LogP contribution is 2.33. The lowest BCUT2D eigenvalue weighted by molar-refractivity contribution is 1.04. The van der Waals surface area contributed by atoms with Gasteiger partial charge in [0.05, 0.1) is 15.7 Å². The highest BCUT2D eigenvalue weighted by atomic mass is 35.5. The number of rotatable bonds is 4. The van der Waals surface area contributed by atoms with Crippen LogP contribution >= 0.6 is 23.2 Å². The molecule has 0 amide bonds. The van der Waals surface area contributed by atoms with Crippen LogP contribution in [0.2, 0.25) is 10.0 Å². The zero-order valence-electron chi connectivity index (χ0n) is 10.2. The topological polar surface area (TPSA) is 75.9 Å². The predicted molar refractivity (Wildman–Crippen MR) is 79.0 cm³/mol. The van der Waals surface area contributed by atoms with Crippen LogP contribution in [0.25, 0.3) is 0 Å². The second-order valence-corrected chi connectivity index (χ2v) is 4.58. The first kappa shape index (κ1) is 13.9. The van der Waals surface area contributed by atoms with Gasteiger partial charge in [-0.1, -0.05) is 36.2 Å². The normalized spacial score (nSPS) is 10.3. The largest absolute Gasteiger partial charge is 0.337 e. The monoisotopic (exact) mass is 297 g/mol. The quantitative estimate of drug-likeness (QED) is 0.596. The minimum absolute atomic E-state index is 0.524. The van der Waals surface area contributed by atoms with Gasteiger partial charge in [-0.3, -0.25) is 0 Å². The number of nitrogens with two attached hydrogens (primary N) is 1. The number of hydrazine groups is 1. The molecule has 2 rings (SSSR count). The Bertz CT molecular complexity index is 568. The van der Waals surface area contributed by atoms with Crippen molar-refractivity contribution in [2.75, 3.05) is 10.7 Å². The Balaban J connectivity index is 2.44. The second-order valence-electron chi connectivity index (χ2n) is 3.77. The van der Waals surface area contributed by atoms with Gasteiger partial charge in [0.25, 0.3) is 0 Å². The van der Waals surface area contributed by atoms with E-state index >= 15 is 0 Å². The third-order valence-electron chi connectivity index (χ3n) is 2.64. The molecule has 0 radical (unpaired) electrons. The molecule has 5 nitrogen and oxygen atoms in total. The Kier molecular flexibility index (Phi) is 4.42. The van der Waals surface area contributed by atoms with Crippen molar-refractivity contribution in [3.8, 4) is 0 Å². The van der Waals surface area contributed by atoms with Gasteiger partial charge >= 0.3 is 0 Å². The van der Waals surface area contributed by atoms with Gasteiger partial charge in [-0.15, -0.1) is 0 Å². The Morgan fingerprint density at radius 2 is 1.79 bits per heavy atom. The van der Waals surface area contributed by atoms with Crippen LogP contribution in [0.3, 0.4) is 0 Å². The molecule has 1 aromatic carbocycles. The van der Waals surface area contributed by atoms with E-state index in [1.807, 2.05) is 6.92 Å². The number of hydrogen-bond donors (Lipinski definition) is 3. The average molecular weight is 298 g/mol. The van der Waals surface area contributed by atoms with Gasteiger partial charge in [0.15, 0.2) is 0 Å². The maximum absolute atomic E-state index is 6.12. The molecule has 0 aliphatic heterocycles. The number of halogens is 2. The SMILES string of the molecule is CCc1c(NN)ncnc1Nc1c(Cl)cccc1Cl. The van der Waals surface area contributed by atoms with E-state index in [-0.39, 0.29) is 0 Å². The van der Waals surface area contributed by atoms with Crippen LogP contribution in [0.4, 0.5) is 17.3 Å². The van der Waals surface area contributed by atoms with Crippen molar-refractivity contribution in [1.82, 2.24) is 9.97 Å². The highest BCUT2D eigenvalue weighted by molar-refractivity contribution is 6.39. The summed E-state index contributed by atoms with van der Waals surface area (Å²) in [5.74, 6) is 6.63. The van der Waals surface area contributed by atoms with Crippen LogP contribution in [0, 0.1) is 0 Å². The summed E-state index contributed by atoms with van der Waals surface area (Å²) >= 11 is 12.2. The second kappa shape index (κ2) is 6.06. The molecule has 0 unspecified atom stereocenters. The first-order valence-corrected chi connectivity index (χ1v) is 6.44. The van der Waals surface area contributed by atoms with Crippen LogP contribution in [0.5, 0.6) is 0 Å². The van der Waals surface area contributed by atoms with Crippen molar-refractivity contribution in [3.05, 3.63) is 40.1 Å². The average Bonchev–Trinajstić information content (AvgIpc) is 2.42. The number of anilines is 3. The lowest BCUT2D eigenvalue weighted by Gasteiger charge is -2.14. The van der Waals surface area contributed by atoms with Crippen molar-refractivity contribution < 1.29 is 0 Å². The van der Waals surface area contributed by atoms with Gasteiger partial charge in [0.1, 0.15) is 18.0 Å². The number of aromatic nitrogens is 2. The van der Waals surface area contributed by atoms with Crippen LogP contribution in [-0.2, 0) is 6.42 Å². The molecular weight excluding hydrogens is 285 g/mol. The molecule has 0 saturated heterocycles. The summed E-state index contributed by atoms with van der Waals surface area (Å²) < 4.78 is 0. The Morgan fingerprint density at radius 3 is 2.37 bits per heavy atom. The fraction of sp³-hybridized carbons (Fsp3) is 0.167. The summed E-state index contributed by atoms with van der Waals surface area (Å²) in [6.07, 6.45) is 2.13. The molecule has 100 valence electrons. The van der Waals surface area contributed by atoms with Gasteiger partial charge in [-0.2, -0.15) is 0 Å². The molecule has 0 aliphatic rings. The maximum atomic E-state index is 6.12. The molecule has 19 heavy (non-hydrogen) atoms. The minimum atomic E-state index is 0.524. The first-order valence-electron chi connectivity index (χ1n) is 5.68. The molecule has 1 aromatic heterocycles. The lowest BCUT2D eigenvalue weighted by atomic mass is 10.2. The van der Waals surface area contributed by atoms with E-state index in [1.165, 1.54) is 6.33 Å². The molecule has 1 heterocycles. The zero-order chi connectivity index (χ0) is 13.8. The molecule has 0 saturated carbocycles. The Hall–Kier alpha value is -1.56. The molecule has 0 fully saturated rings. The minimum Gasteiger partial charge on any atom is -0.337 e. The summed E-state index contributed by atoms with van der Waals surface area (Å²) in [6, 6.07) is 5.29. The number of para-hydroxylation sites is 1. The van der Waals surface area contributed by atoms with E-state index in [0.29, 0.717) is 33.8 Å². The van der Waals surface area contributed by atoms with Crippen LogP contribution in [0.15, 0.2) is 24.5 Å². The summed E-state index contributed by atoms with van der Waals surface area (Å²) in [6.45, 7) is 1.99. The van der Waals surface area contributed by atoms with Gasteiger partial charge in [-0.25, -0.2) is 15.8 Å². The summed E-state index contributed by atoms with van der Waals surface area (Å²) in [7, 11) is 0. The molecule has 2 aromatic rings. The summed E-state index contributed by atoms with van der Waals surface area (Å²) in [4.78, 5) is 8.26. The molecule has 0 aliphatic carbocycles. The maximum Gasteiger partial charge on any atom is 0.148 e. The standard InChI is InChI=1S/C12H13Cl2N5/c1-2-7-11(16-6-17-12(7)19-15)18-10-8(13)4-3-5-9(10)14/h3-6H,2,15H2,1H3,(H2,16,17,18,19). The van der Waals surface area contributed by atoms with Gasteiger partial charge < -0.3 is 10.7 Å².